The Morgan fingerprint density at radius 1 is 0.743 bits per heavy atom. The monoisotopic (exact) mass is 965 g/mol. The Kier molecular flexibility index (Phi) is 13.3. The maximum Gasteiger partial charge on any atom is 0.264 e. The van der Waals surface area contributed by atoms with Crippen molar-refractivity contribution < 1.29 is 32.8 Å². The van der Waals surface area contributed by atoms with Crippen LogP contribution in [0.3, 0.4) is 0 Å². The molecule has 4 N–H and O–H groups in total. The summed E-state index contributed by atoms with van der Waals surface area (Å²) in [7, 11) is 0. The largest absolute Gasteiger partial charge is 0.383 e. The first-order valence-corrected chi connectivity index (χ1v) is 25.2. The number of aromatic nitrogens is 2. The smallest absolute Gasteiger partial charge is 0.264 e. The fourth-order valence-electron chi connectivity index (χ4n) is 12.0. The number of nitrogens with zero attached hydrogens (tertiary/aromatic N) is 8. The molecule has 7 aliphatic heterocycles. The minimum absolute atomic E-state index is 0.0215. The number of piperazine rings is 1. The van der Waals surface area contributed by atoms with Gasteiger partial charge in [0, 0.05) is 88.7 Å². The van der Waals surface area contributed by atoms with Crippen molar-refractivity contribution in [1.82, 2.24) is 40.2 Å². The highest BCUT2D eigenvalue weighted by Gasteiger charge is 2.47. The Hall–Kier alpha value is -5.79. The van der Waals surface area contributed by atoms with Gasteiger partial charge in [0.1, 0.15) is 35.6 Å². The summed E-state index contributed by atoms with van der Waals surface area (Å²) < 4.78 is 31.2. The molecule has 5 amide bonds. The third kappa shape index (κ3) is 10.1. The van der Waals surface area contributed by atoms with Gasteiger partial charge in [-0.15, -0.1) is 0 Å². The van der Waals surface area contributed by atoms with E-state index in [0.29, 0.717) is 56.8 Å². The van der Waals surface area contributed by atoms with Crippen molar-refractivity contribution in [3.63, 3.8) is 0 Å². The number of hydrogen-bond donors (Lipinski definition) is 4. The molecule has 0 aliphatic carbocycles. The number of halogens is 2. The molecule has 2 aromatic carbocycles. The van der Waals surface area contributed by atoms with Crippen LogP contribution in [-0.2, 0) is 20.9 Å². The van der Waals surface area contributed by atoms with Crippen LogP contribution in [-0.4, -0.2) is 162 Å². The summed E-state index contributed by atoms with van der Waals surface area (Å²) in [5.41, 5.74) is 1.57. The number of benzene rings is 2. The molecular formula is C51H66F2N12O5. The fourth-order valence-corrected chi connectivity index (χ4v) is 12.0. The summed E-state index contributed by atoms with van der Waals surface area (Å²) in [5.74, 6) is -1.60. The Morgan fingerprint density at radius 3 is 2.24 bits per heavy atom. The number of carbonyl (C=O) groups is 5. The second kappa shape index (κ2) is 19.4. The predicted octanol–water partition coefficient (Wildman–Crippen LogP) is 4.07. The molecule has 19 heteroatoms. The number of hydrogen-bond acceptors (Lipinski definition) is 14. The molecule has 6 saturated heterocycles. The van der Waals surface area contributed by atoms with Crippen LogP contribution in [0.2, 0.25) is 0 Å². The second-order valence-electron chi connectivity index (χ2n) is 21.7. The minimum atomic E-state index is -0.998. The maximum absolute atomic E-state index is 15.7. The number of piperidine rings is 3. The number of anilines is 4. The van der Waals surface area contributed by atoms with Crippen LogP contribution in [0.15, 0.2) is 42.7 Å². The van der Waals surface area contributed by atoms with Crippen LogP contribution in [0, 0.1) is 22.5 Å². The zero-order chi connectivity index (χ0) is 48.8. The van der Waals surface area contributed by atoms with Gasteiger partial charge in [0.25, 0.3) is 11.8 Å². The molecule has 2 atom stereocenters. The van der Waals surface area contributed by atoms with Crippen LogP contribution in [0.25, 0.3) is 0 Å². The lowest BCUT2D eigenvalue weighted by Gasteiger charge is -2.48. The van der Waals surface area contributed by atoms with E-state index in [1.165, 1.54) is 12.1 Å². The van der Waals surface area contributed by atoms with Crippen LogP contribution < -0.4 is 31.1 Å². The topological polar surface area (TPSA) is 179 Å². The Balaban J connectivity index is 0.650. The first-order chi connectivity index (χ1) is 33.6. The summed E-state index contributed by atoms with van der Waals surface area (Å²) in [5, 5.41) is 12.4. The predicted molar refractivity (Wildman–Crippen MR) is 260 cm³/mol. The summed E-state index contributed by atoms with van der Waals surface area (Å²) in [6.07, 6.45) is 8.34. The average Bonchev–Trinajstić information content (AvgIpc) is 4.01. The molecule has 1 unspecified atom stereocenters. The molecule has 6 fully saturated rings. The van der Waals surface area contributed by atoms with Crippen molar-refractivity contribution in [2.75, 3.05) is 112 Å². The Labute approximate surface area is 408 Å². The number of fused-ring (bicyclic) bond motifs is 1. The van der Waals surface area contributed by atoms with Gasteiger partial charge >= 0.3 is 0 Å². The highest BCUT2D eigenvalue weighted by Crippen LogP contribution is 2.40. The highest BCUT2D eigenvalue weighted by atomic mass is 19.1. The van der Waals surface area contributed by atoms with E-state index < -0.39 is 46.8 Å². The van der Waals surface area contributed by atoms with Crippen molar-refractivity contribution in [1.29, 1.82) is 0 Å². The number of imide groups is 2. The van der Waals surface area contributed by atoms with Crippen molar-refractivity contribution in [2.24, 2.45) is 10.8 Å². The summed E-state index contributed by atoms with van der Waals surface area (Å²) >= 11 is 0. The lowest BCUT2D eigenvalue weighted by atomic mass is 9.82. The van der Waals surface area contributed by atoms with Gasteiger partial charge in [-0.2, -0.15) is 0 Å². The molecule has 70 heavy (non-hydrogen) atoms. The zero-order valence-corrected chi connectivity index (χ0v) is 40.5. The lowest BCUT2D eigenvalue weighted by Crippen LogP contribution is -2.66. The summed E-state index contributed by atoms with van der Waals surface area (Å²) in [4.78, 5) is 85.3. The van der Waals surface area contributed by atoms with Crippen LogP contribution in [0.5, 0.6) is 0 Å². The molecule has 0 radical (unpaired) electrons. The number of carbonyl (C=O) groups excluding carboxylic acids is 5. The highest BCUT2D eigenvalue weighted by molar-refractivity contribution is 6.25. The third-order valence-corrected chi connectivity index (χ3v) is 16.2. The fraction of sp³-hybridized carbons (Fsp3) is 0.588. The van der Waals surface area contributed by atoms with Gasteiger partial charge in [0.15, 0.2) is 0 Å². The van der Waals surface area contributed by atoms with E-state index in [1.54, 1.807) is 29.4 Å². The van der Waals surface area contributed by atoms with Crippen molar-refractivity contribution in [3.8, 4) is 0 Å². The second-order valence-corrected chi connectivity index (χ2v) is 21.7. The van der Waals surface area contributed by atoms with Gasteiger partial charge in [0.05, 0.1) is 28.9 Å². The van der Waals surface area contributed by atoms with E-state index in [2.05, 4.69) is 64.7 Å². The molecule has 7 aliphatic rings. The van der Waals surface area contributed by atoms with E-state index in [9.17, 15) is 24.0 Å². The van der Waals surface area contributed by atoms with Gasteiger partial charge in [-0.25, -0.2) is 18.7 Å². The van der Waals surface area contributed by atoms with Crippen molar-refractivity contribution >= 4 is 52.5 Å². The van der Waals surface area contributed by atoms with Gasteiger partial charge in [-0.05, 0) is 113 Å². The molecule has 17 nitrogen and oxygen atoms in total. The van der Waals surface area contributed by atoms with E-state index in [1.807, 2.05) is 6.07 Å². The van der Waals surface area contributed by atoms with E-state index in [0.717, 1.165) is 108 Å². The number of likely N-dealkylation sites (tertiary alicyclic amines) is 3. The Morgan fingerprint density at radius 2 is 1.49 bits per heavy atom. The van der Waals surface area contributed by atoms with E-state index in [-0.39, 0.29) is 52.9 Å². The summed E-state index contributed by atoms with van der Waals surface area (Å²) in [6, 6.07) is 8.72. The molecular weight excluding hydrogens is 899 g/mol. The third-order valence-electron chi connectivity index (χ3n) is 16.2. The summed E-state index contributed by atoms with van der Waals surface area (Å²) in [6.45, 7) is 15.5. The molecule has 2 spiro atoms. The van der Waals surface area contributed by atoms with Gasteiger partial charge in [0.2, 0.25) is 17.7 Å². The van der Waals surface area contributed by atoms with Gasteiger partial charge in [-0.1, -0.05) is 19.9 Å². The van der Waals surface area contributed by atoms with E-state index >= 15 is 8.78 Å². The number of nitrogens with one attached hydrogen (secondary N) is 4. The normalized spacial score (nSPS) is 25.0. The van der Waals surface area contributed by atoms with Crippen LogP contribution in [0.4, 0.5) is 31.8 Å². The molecule has 374 valence electrons. The molecule has 10 rings (SSSR count). The van der Waals surface area contributed by atoms with Crippen molar-refractivity contribution in [3.05, 3.63) is 71.1 Å². The average molecular weight is 965 g/mol. The molecule has 8 heterocycles. The standard InChI is InChI=1S/C51H66F2N12O5/c1-49(2)9-18-60(19-10-49)28-34-25-37(53)40(26-36(34)52)64-29-44(67)59-51(32-64)13-22-63(23-14-51)42-27-41(56-33-57-42)55-15-4-17-61-20-11-50(30-61)12-21-62(31-50)24-16-54-38-6-3-5-35-45(38)48(70)65(47(35)69)39-7-8-43(66)58-46(39)68/h3,5-6,25-27,33,39,54H,4,7-24,28-32H2,1-2H3,(H,59,67)(H,55,56,57)(H,58,66,68)/t39?,50-/m1/s1. The quantitative estimate of drug-likeness (QED) is 0.134. The molecule has 0 saturated carbocycles. The minimum Gasteiger partial charge on any atom is -0.383 e. The first kappa shape index (κ1) is 47.9. The lowest BCUT2D eigenvalue weighted by molar-refractivity contribution is -0.136. The SMILES string of the molecule is CC1(C)CCN(Cc2cc(F)c(N3CC(=O)NC4(CCN(c5cc(NCCCN6CC[C@@]7(CCN(CCNc8cccc9c8C(=O)N(C8CCC(=O)NC8=O)C9=O)C7)C6)ncn5)CC4)C3)cc2F)CC1. The number of rotatable bonds is 14. The first-order valence-electron chi connectivity index (χ1n) is 25.2. The zero-order valence-electron chi connectivity index (χ0n) is 40.5. The number of amides is 5. The van der Waals surface area contributed by atoms with Gasteiger partial charge < -0.3 is 35.6 Å². The Bertz CT molecular complexity index is 2530. The van der Waals surface area contributed by atoms with E-state index in [4.69, 9.17) is 0 Å². The maximum atomic E-state index is 15.7. The van der Waals surface area contributed by atoms with Crippen LogP contribution >= 0.6 is 0 Å². The van der Waals surface area contributed by atoms with Crippen LogP contribution in [0.1, 0.15) is 97.9 Å². The van der Waals surface area contributed by atoms with Crippen molar-refractivity contribution in [2.45, 2.75) is 89.8 Å². The van der Waals surface area contributed by atoms with Gasteiger partial charge in [-0.3, -0.25) is 39.1 Å². The molecule has 0 bridgehead atoms. The molecule has 1 aromatic heterocycles. The molecule has 3 aromatic rings.